The molecule has 0 saturated carbocycles. The molecule has 1 aromatic rings. The third-order valence-corrected chi connectivity index (χ3v) is 4.18. The summed E-state index contributed by atoms with van der Waals surface area (Å²) in [4.78, 5) is 13.5. The van der Waals surface area contributed by atoms with Crippen LogP contribution >= 0.6 is 0 Å². The van der Waals surface area contributed by atoms with E-state index in [0.29, 0.717) is 17.4 Å². The Balaban J connectivity index is 1.80. The third-order valence-electron chi connectivity index (χ3n) is 4.18. The lowest BCUT2D eigenvalue weighted by molar-refractivity contribution is 0.0697. The van der Waals surface area contributed by atoms with E-state index in [4.69, 9.17) is 10.8 Å². The van der Waals surface area contributed by atoms with Crippen molar-refractivity contribution in [2.45, 2.75) is 38.6 Å². The number of hydrogen-bond donors (Lipinski definition) is 3. The molecular weight excluding hydrogens is 266 g/mol. The molecule has 1 atom stereocenters. The minimum atomic E-state index is -0.930. The topological polar surface area (TPSA) is 78.6 Å². The molecule has 5 heteroatoms. The maximum atomic E-state index is 11.0. The van der Waals surface area contributed by atoms with E-state index < -0.39 is 5.97 Å². The molecule has 5 nitrogen and oxygen atoms in total. The lowest BCUT2D eigenvalue weighted by Gasteiger charge is -2.33. The summed E-state index contributed by atoms with van der Waals surface area (Å²) >= 11 is 0. The van der Waals surface area contributed by atoms with Crippen LogP contribution in [0.25, 0.3) is 0 Å². The highest BCUT2D eigenvalue weighted by molar-refractivity contribution is 5.90. The third kappa shape index (κ3) is 4.36. The number of nitrogens with one attached hydrogen (secondary N) is 1. The zero-order valence-corrected chi connectivity index (χ0v) is 12.6. The Hall–Kier alpha value is -1.75. The van der Waals surface area contributed by atoms with E-state index in [9.17, 15) is 4.79 Å². The van der Waals surface area contributed by atoms with Crippen molar-refractivity contribution in [1.29, 1.82) is 0 Å². The minimum Gasteiger partial charge on any atom is -0.478 e. The Kier molecular flexibility index (Phi) is 5.44. The number of piperidine rings is 1. The van der Waals surface area contributed by atoms with Gasteiger partial charge in [-0.2, -0.15) is 0 Å². The maximum Gasteiger partial charge on any atom is 0.335 e. The number of benzene rings is 1. The first-order valence-electron chi connectivity index (χ1n) is 7.68. The van der Waals surface area contributed by atoms with Gasteiger partial charge in [0, 0.05) is 19.1 Å². The SMILES string of the molecule is CC1CCCCN1CCCNc1cc(C(=O)O)ccc1N. The number of carboxylic acids is 1. The molecule has 0 aromatic heterocycles. The van der Waals surface area contributed by atoms with Gasteiger partial charge in [0.05, 0.1) is 16.9 Å². The molecule has 0 spiro atoms. The molecule has 1 aromatic carbocycles. The molecular formula is C16H25N3O2. The Morgan fingerprint density at radius 2 is 2.29 bits per heavy atom. The molecule has 1 aliphatic rings. The van der Waals surface area contributed by atoms with Crippen LogP contribution in [-0.2, 0) is 0 Å². The normalized spacial score (nSPS) is 19.4. The van der Waals surface area contributed by atoms with Crippen LogP contribution in [0.15, 0.2) is 18.2 Å². The van der Waals surface area contributed by atoms with Crippen molar-refractivity contribution < 1.29 is 9.90 Å². The Morgan fingerprint density at radius 1 is 1.48 bits per heavy atom. The summed E-state index contributed by atoms with van der Waals surface area (Å²) in [6.45, 7) is 5.36. The lowest BCUT2D eigenvalue weighted by atomic mass is 10.0. The summed E-state index contributed by atoms with van der Waals surface area (Å²) in [7, 11) is 0. The Bertz CT molecular complexity index is 490. The number of nitrogen functional groups attached to an aromatic ring is 1. The fourth-order valence-electron chi connectivity index (χ4n) is 2.84. The van der Waals surface area contributed by atoms with E-state index in [-0.39, 0.29) is 5.56 Å². The molecule has 1 aliphatic heterocycles. The van der Waals surface area contributed by atoms with Gasteiger partial charge >= 0.3 is 5.97 Å². The smallest absolute Gasteiger partial charge is 0.335 e. The molecule has 1 heterocycles. The quantitative estimate of drug-likeness (QED) is 0.555. The fraction of sp³-hybridized carbons (Fsp3) is 0.562. The summed E-state index contributed by atoms with van der Waals surface area (Å²) < 4.78 is 0. The molecule has 1 unspecified atom stereocenters. The van der Waals surface area contributed by atoms with Crippen LogP contribution in [0.3, 0.4) is 0 Å². The summed E-state index contributed by atoms with van der Waals surface area (Å²) in [5, 5.41) is 12.2. The van der Waals surface area contributed by atoms with Crippen molar-refractivity contribution in [3.05, 3.63) is 23.8 Å². The van der Waals surface area contributed by atoms with Crippen molar-refractivity contribution in [3.8, 4) is 0 Å². The van der Waals surface area contributed by atoms with E-state index >= 15 is 0 Å². The first kappa shape index (κ1) is 15.6. The number of likely N-dealkylation sites (tertiary alicyclic amines) is 1. The van der Waals surface area contributed by atoms with Crippen LogP contribution < -0.4 is 11.1 Å². The van der Waals surface area contributed by atoms with Crippen LogP contribution in [0.2, 0.25) is 0 Å². The van der Waals surface area contributed by atoms with E-state index in [2.05, 4.69) is 17.1 Å². The number of nitrogens with zero attached hydrogens (tertiary/aromatic N) is 1. The first-order chi connectivity index (χ1) is 10.1. The van der Waals surface area contributed by atoms with Gasteiger partial charge < -0.3 is 21.1 Å². The van der Waals surface area contributed by atoms with E-state index in [1.165, 1.54) is 31.9 Å². The first-order valence-corrected chi connectivity index (χ1v) is 7.68. The monoisotopic (exact) mass is 291 g/mol. The highest BCUT2D eigenvalue weighted by Crippen LogP contribution is 2.20. The number of aromatic carboxylic acids is 1. The van der Waals surface area contributed by atoms with Crippen LogP contribution in [0.5, 0.6) is 0 Å². The zero-order valence-electron chi connectivity index (χ0n) is 12.6. The Labute approximate surface area is 126 Å². The molecule has 2 rings (SSSR count). The van der Waals surface area contributed by atoms with Gasteiger partial charge in [-0.25, -0.2) is 4.79 Å². The van der Waals surface area contributed by atoms with Crippen molar-refractivity contribution >= 4 is 17.3 Å². The van der Waals surface area contributed by atoms with Gasteiger partial charge in [-0.05, 0) is 50.9 Å². The summed E-state index contributed by atoms with van der Waals surface area (Å²) in [5.74, 6) is -0.930. The predicted molar refractivity (Wildman–Crippen MR) is 85.8 cm³/mol. The van der Waals surface area contributed by atoms with E-state index in [0.717, 1.165) is 19.5 Å². The van der Waals surface area contributed by atoms with Gasteiger partial charge in [0.1, 0.15) is 0 Å². The van der Waals surface area contributed by atoms with Crippen molar-refractivity contribution in [2.24, 2.45) is 0 Å². The number of carboxylic acid groups (broad SMARTS) is 1. The highest BCUT2D eigenvalue weighted by Gasteiger charge is 2.17. The second-order valence-electron chi connectivity index (χ2n) is 5.77. The number of hydrogen-bond acceptors (Lipinski definition) is 4. The lowest BCUT2D eigenvalue weighted by Crippen LogP contribution is -2.38. The van der Waals surface area contributed by atoms with Crippen LogP contribution in [0, 0.1) is 0 Å². The van der Waals surface area contributed by atoms with E-state index in [1.807, 2.05) is 0 Å². The molecule has 0 amide bonds. The largest absolute Gasteiger partial charge is 0.478 e. The van der Waals surface area contributed by atoms with Gasteiger partial charge in [0.25, 0.3) is 0 Å². The minimum absolute atomic E-state index is 0.261. The second-order valence-corrected chi connectivity index (χ2v) is 5.77. The van der Waals surface area contributed by atoms with Crippen LogP contribution in [0.1, 0.15) is 43.0 Å². The van der Waals surface area contributed by atoms with Crippen LogP contribution in [0.4, 0.5) is 11.4 Å². The Morgan fingerprint density at radius 3 is 3.00 bits per heavy atom. The predicted octanol–water partition coefficient (Wildman–Crippen LogP) is 2.64. The molecule has 1 fully saturated rings. The maximum absolute atomic E-state index is 11.0. The number of nitrogens with two attached hydrogens (primary N) is 1. The highest BCUT2D eigenvalue weighted by atomic mass is 16.4. The number of anilines is 2. The molecule has 116 valence electrons. The molecule has 0 radical (unpaired) electrons. The summed E-state index contributed by atoms with van der Waals surface area (Å²) in [5.41, 5.74) is 7.43. The van der Waals surface area contributed by atoms with Crippen molar-refractivity contribution in [1.82, 2.24) is 4.90 Å². The molecule has 4 N–H and O–H groups in total. The standard InChI is InChI=1S/C16H25N3O2/c1-12-5-2-3-9-19(12)10-4-8-18-15-11-13(16(20)21)6-7-14(15)17/h6-7,11-12,18H,2-5,8-10,17H2,1H3,(H,20,21). The van der Waals surface area contributed by atoms with Gasteiger partial charge in [-0.1, -0.05) is 6.42 Å². The summed E-state index contributed by atoms with van der Waals surface area (Å²) in [6.07, 6.45) is 4.96. The van der Waals surface area contributed by atoms with Gasteiger partial charge in [-0.15, -0.1) is 0 Å². The van der Waals surface area contributed by atoms with E-state index in [1.54, 1.807) is 12.1 Å². The second kappa shape index (κ2) is 7.31. The van der Waals surface area contributed by atoms with Gasteiger partial charge in [-0.3, -0.25) is 0 Å². The van der Waals surface area contributed by atoms with Crippen molar-refractivity contribution in [3.63, 3.8) is 0 Å². The van der Waals surface area contributed by atoms with Gasteiger partial charge in [0.15, 0.2) is 0 Å². The zero-order chi connectivity index (χ0) is 15.2. The molecule has 0 bridgehead atoms. The summed E-state index contributed by atoms with van der Waals surface area (Å²) in [6, 6.07) is 5.44. The average Bonchev–Trinajstić information content (AvgIpc) is 2.46. The molecule has 1 saturated heterocycles. The molecule has 21 heavy (non-hydrogen) atoms. The van der Waals surface area contributed by atoms with Crippen molar-refractivity contribution in [2.75, 3.05) is 30.7 Å². The fourth-order valence-corrected chi connectivity index (χ4v) is 2.84. The average molecular weight is 291 g/mol. The van der Waals surface area contributed by atoms with Gasteiger partial charge in [0.2, 0.25) is 0 Å². The molecule has 0 aliphatic carbocycles. The number of rotatable bonds is 6. The van der Waals surface area contributed by atoms with Crippen LogP contribution in [-0.4, -0.2) is 41.7 Å². The number of carbonyl (C=O) groups is 1.